The summed E-state index contributed by atoms with van der Waals surface area (Å²) in [7, 11) is 0. The molecule has 2 aliphatic carbocycles. The lowest BCUT2D eigenvalue weighted by molar-refractivity contribution is -0.147. The van der Waals surface area contributed by atoms with E-state index in [1.807, 2.05) is 54.6 Å². The molecule has 8 rings (SSSR count). The Morgan fingerprint density at radius 1 is 0.692 bits per heavy atom. The molecular weight excluding hydrogens is 649 g/mol. The first-order valence-corrected chi connectivity index (χ1v) is 19.9. The first-order chi connectivity index (χ1) is 25.4. The summed E-state index contributed by atoms with van der Waals surface area (Å²) >= 11 is 0. The zero-order chi connectivity index (χ0) is 35.7. The fourth-order valence-electron chi connectivity index (χ4n) is 9.87. The second kappa shape index (κ2) is 15.2. The summed E-state index contributed by atoms with van der Waals surface area (Å²) in [6, 6.07) is 29.6. The molecule has 274 valence electrons. The average molecular weight is 703 g/mol. The minimum Gasteiger partial charge on any atom is -0.391 e. The molecule has 3 saturated heterocycles. The lowest BCUT2D eigenvalue weighted by atomic mass is 9.67. The lowest BCUT2D eigenvalue weighted by Crippen LogP contribution is -2.54. The molecule has 8 heteroatoms. The third-order valence-electron chi connectivity index (χ3n) is 12.7. The number of benzene rings is 3. The summed E-state index contributed by atoms with van der Waals surface area (Å²) < 4.78 is 0. The third-order valence-corrected chi connectivity index (χ3v) is 12.7. The number of aliphatic hydroxyl groups is 1. The monoisotopic (exact) mass is 702 g/mol. The fourth-order valence-corrected chi connectivity index (χ4v) is 9.87. The maximum absolute atomic E-state index is 14.7. The van der Waals surface area contributed by atoms with Crippen molar-refractivity contribution in [3.8, 4) is 0 Å². The van der Waals surface area contributed by atoms with E-state index in [2.05, 4.69) is 46.6 Å². The Kier molecular flexibility index (Phi) is 10.2. The number of carbonyl (C=O) groups excluding carboxylic acids is 3. The van der Waals surface area contributed by atoms with Gasteiger partial charge in [-0.3, -0.25) is 19.3 Å². The van der Waals surface area contributed by atoms with E-state index in [0.29, 0.717) is 25.4 Å². The predicted octanol–water partition coefficient (Wildman–Crippen LogP) is 5.38. The van der Waals surface area contributed by atoms with Crippen molar-refractivity contribution in [1.82, 2.24) is 20.0 Å². The normalized spacial score (nSPS) is 25.4. The first kappa shape index (κ1) is 35.0. The van der Waals surface area contributed by atoms with Crippen molar-refractivity contribution in [2.24, 2.45) is 17.8 Å². The summed E-state index contributed by atoms with van der Waals surface area (Å²) in [6.45, 7) is 3.45. The van der Waals surface area contributed by atoms with Crippen LogP contribution in [0.15, 0.2) is 91.0 Å². The Balaban J connectivity index is 0.976. The van der Waals surface area contributed by atoms with Crippen LogP contribution in [0, 0.1) is 17.8 Å². The molecule has 0 aromatic heterocycles. The SMILES string of the molecule is O=C(NC[C@H]1CCCN(C(C2CC2)C2CC2)C1)[C@H]1CCCN1C(=O)[C@@H]1C[C@@H](O)CN1C(=O)CC(c1ccccc1)(c1ccccc1)c1ccccc1. The summed E-state index contributed by atoms with van der Waals surface area (Å²) in [6.07, 6.45) is 8.61. The highest BCUT2D eigenvalue weighted by Gasteiger charge is 2.48. The second-order valence-corrected chi connectivity index (χ2v) is 16.2. The number of piperidine rings is 1. The van der Waals surface area contributed by atoms with E-state index in [4.69, 9.17) is 0 Å². The minimum atomic E-state index is -0.815. The van der Waals surface area contributed by atoms with Gasteiger partial charge >= 0.3 is 0 Å². The van der Waals surface area contributed by atoms with Crippen LogP contribution in [0.4, 0.5) is 0 Å². The number of amides is 3. The maximum Gasteiger partial charge on any atom is 0.246 e. The largest absolute Gasteiger partial charge is 0.391 e. The van der Waals surface area contributed by atoms with Gasteiger partial charge in [0.1, 0.15) is 12.1 Å². The Labute approximate surface area is 308 Å². The Bertz CT molecular complexity index is 1590. The van der Waals surface area contributed by atoms with E-state index in [1.54, 1.807) is 9.80 Å². The number of nitrogens with one attached hydrogen (secondary N) is 1. The summed E-state index contributed by atoms with van der Waals surface area (Å²) in [4.78, 5) is 48.9. The van der Waals surface area contributed by atoms with Crippen molar-refractivity contribution in [2.45, 2.75) is 93.9 Å². The molecule has 0 bridgehead atoms. The van der Waals surface area contributed by atoms with Crippen LogP contribution in [-0.2, 0) is 19.8 Å². The van der Waals surface area contributed by atoms with Crippen LogP contribution in [0.5, 0.6) is 0 Å². The maximum atomic E-state index is 14.7. The number of rotatable bonds is 12. The molecule has 3 amide bonds. The van der Waals surface area contributed by atoms with Crippen LogP contribution >= 0.6 is 0 Å². The molecule has 0 radical (unpaired) electrons. The molecule has 3 aliphatic heterocycles. The van der Waals surface area contributed by atoms with Crippen LogP contribution < -0.4 is 5.32 Å². The molecule has 8 nitrogen and oxygen atoms in total. The average Bonchev–Trinajstić information content (AvgIpc) is 4.12. The first-order valence-electron chi connectivity index (χ1n) is 19.9. The van der Waals surface area contributed by atoms with Crippen molar-refractivity contribution < 1.29 is 19.5 Å². The van der Waals surface area contributed by atoms with Gasteiger partial charge in [0.15, 0.2) is 0 Å². The van der Waals surface area contributed by atoms with Crippen molar-refractivity contribution in [3.05, 3.63) is 108 Å². The van der Waals surface area contributed by atoms with E-state index in [1.165, 1.54) is 38.6 Å². The van der Waals surface area contributed by atoms with Crippen LogP contribution in [0.25, 0.3) is 0 Å². The van der Waals surface area contributed by atoms with Crippen molar-refractivity contribution >= 4 is 17.7 Å². The van der Waals surface area contributed by atoms with Crippen LogP contribution in [0.2, 0.25) is 0 Å². The van der Waals surface area contributed by atoms with Crippen molar-refractivity contribution in [2.75, 3.05) is 32.7 Å². The number of nitrogens with zero attached hydrogens (tertiary/aromatic N) is 3. The second-order valence-electron chi connectivity index (χ2n) is 16.2. The van der Waals surface area contributed by atoms with Gasteiger partial charge in [-0.2, -0.15) is 0 Å². The van der Waals surface area contributed by atoms with Gasteiger partial charge in [0.05, 0.1) is 11.5 Å². The van der Waals surface area contributed by atoms with Crippen LogP contribution in [0.3, 0.4) is 0 Å². The summed E-state index contributed by atoms with van der Waals surface area (Å²) in [5, 5.41) is 14.2. The van der Waals surface area contributed by atoms with E-state index >= 15 is 0 Å². The Morgan fingerprint density at radius 2 is 1.25 bits per heavy atom. The number of aliphatic hydroxyl groups excluding tert-OH is 1. The molecule has 3 aromatic rings. The van der Waals surface area contributed by atoms with E-state index in [0.717, 1.165) is 54.0 Å². The molecule has 0 spiro atoms. The van der Waals surface area contributed by atoms with Gasteiger partial charge in [-0.1, -0.05) is 91.0 Å². The molecular formula is C44H54N4O4. The summed E-state index contributed by atoms with van der Waals surface area (Å²) in [5.74, 6) is 1.69. The minimum absolute atomic E-state index is 0.0865. The van der Waals surface area contributed by atoms with Crippen LogP contribution in [0.1, 0.15) is 80.9 Å². The molecule has 3 aromatic carbocycles. The Morgan fingerprint density at radius 3 is 1.81 bits per heavy atom. The summed E-state index contributed by atoms with van der Waals surface area (Å²) in [5.41, 5.74) is 2.13. The zero-order valence-corrected chi connectivity index (χ0v) is 30.3. The number of hydrogen-bond donors (Lipinski definition) is 2. The van der Waals surface area contributed by atoms with Gasteiger partial charge in [0.2, 0.25) is 17.7 Å². The van der Waals surface area contributed by atoms with Gasteiger partial charge in [-0.05, 0) is 92.4 Å². The smallest absolute Gasteiger partial charge is 0.246 e. The van der Waals surface area contributed by atoms with Gasteiger partial charge in [0.25, 0.3) is 0 Å². The van der Waals surface area contributed by atoms with E-state index < -0.39 is 23.6 Å². The van der Waals surface area contributed by atoms with Gasteiger partial charge in [-0.15, -0.1) is 0 Å². The molecule has 2 saturated carbocycles. The highest BCUT2D eigenvalue weighted by molar-refractivity contribution is 5.93. The molecule has 0 unspecified atom stereocenters. The van der Waals surface area contributed by atoms with Crippen molar-refractivity contribution in [1.29, 1.82) is 0 Å². The molecule has 52 heavy (non-hydrogen) atoms. The van der Waals surface area contributed by atoms with E-state index in [9.17, 15) is 19.5 Å². The van der Waals surface area contributed by atoms with Gasteiger partial charge in [-0.25, -0.2) is 0 Å². The van der Waals surface area contributed by atoms with E-state index in [-0.39, 0.29) is 37.1 Å². The van der Waals surface area contributed by atoms with Crippen molar-refractivity contribution in [3.63, 3.8) is 0 Å². The number of carbonyl (C=O) groups is 3. The molecule has 5 fully saturated rings. The fraction of sp³-hybridized carbons (Fsp3) is 0.523. The lowest BCUT2D eigenvalue weighted by Gasteiger charge is -2.39. The number of likely N-dealkylation sites (tertiary alicyclic amines) is 3. The molecule has 2 N–H and O–H groups in total. The highest BCUT2D eigenvalue weighted by Crippen LogP contribution is 2.48. The third kappa shape index (κ3) is 7.16. The predicted molar refractivity (Wildman–Crippen MR) is 201 cm³/mol. The quantitative estimate of drug-likeness (QED) is 0.248. The highest BCUT2D eigenvalue weighted by atomic mass is 16.3. The van der Waals surface area contributed by atoms with Gasteiger partial charge < -0.3 is 20.2 Å². The number of β-amino-alcohol motifs (C(OH)–C–C–N with tert-alkyl or cyclic N) is 1. The molecule has 3 heterocycles. The topological polar surface area (TPSA) is 93.2 Å². The standard InChI is InChI=1S/C44H54N4O4/c49-37-26-39(43(52)47-25-11-19-38(47)42(51)45-28-31-12-10-24-46(29-31)41(32-20-21-32)33-22-23-33)48(30-37)40(50)27-44(34-13-4-1-5-14-34,35-15-6-2-7-16-35)36-17-8-3-9-18-36/h1-9,13-18,31-33,37-39,41,49H,10-12,19-30H2,(H,45,51)/t31-,37-,38-,39+/m1/s1. The zero-order valence-electron chi connectivity index (χ0n) is 30.3. The molecule has 5 aliphatic rings. The van der Waals surface area contributed by atoms with Gasteiger partial charge in [0, 0.05) is 45.1 Å². The van der Waals surface area contributed by atoms with Crippen LogP contribution in [-0.4, -0.2) is 94.5 Å². The number of hydrogen-bond acceptors (Lipinski definition) is 5. The Hall–Kier alpha value is -4.01. The molecule has 4 atom stereocenters.